The summed E-state index contributed by atoms with van der Waals surface area (Å²) < 4.78 is 0. The van der Waals surface area contributed by atoms with Crippen LogP contribution in [-0.4, -0.2) is 38.8 Å². The van der Waals surface area contributed by atoms with Crippen LogP contribution < -0.4 is 5.32 Å². The van der Waals surface area contributed by atoms with Crippen LogP contribution in [0.1, 0.15) is 37.6 Å². The number of H-pyrrole nitrogens is 1. The lowest BCUT2D eigenvalue weighted by Gasteiger charge is -2.26. The number of aromatic nitrogens is 3. The van der Waals surface area contributed by atoms with Crippen molar-refractivity contribution in [2.45, 2.75) is 33.3 Å². The second-order valence-corrected chi connectivity index (χ2v) is 6.31. The van der Waals surface area contributed by atoms with Gasteiger partial charge in [0.05, 0.1) is 6.10 Å². The first-order valence-electron chi connectivity index (χ1n) is 7.29. The number of hydrogen-bond donors (Lipinski definition) is 3. The van der Waals surface area contributed by atoms with Crippen LogP contribution in [0.25, 0.3) is 11.4 Å². The third-order valence-corrected chi connectivity index (χ3v) is 3.39. The van der Waals surface area contributed by atoms with E-state index >= 15 is 0 Å². The molecule has 1 aromatic heterocycles. The number of benzene rings is 1. The monoisotopic (exact) mass is 302 g/mol. The summed E-state index contributed by atoms with van der Waals surface area (Å²) in [5.74, 6) is 0.490. The molecule has 6 nitrogen and oxygen atoms in total. The maximum absolute atomic E-state index is 12.3. The van der Waals surface area contributed by atoms with Gasteiger partial charge in [0.2, 0.25) is 0 Å². The molecule has 0 fully saturated rings. The van der Waals surface area contributed by atoms with Crippen LogP contribution in [-0.2, 0) is 0 Å². The van der Waals surface area contributed by atoms with Gasteiger partial charge in [0.25, 0.3) is 5.91 Å². The van der Waals surface area contributed by atoms with Crippen LogP contribution >= 0.6 is 0 Å². The molecule has 1 heterocycles. The summed E-state index contributed by atoms with van der Waals surface area (Å²) in [6.07, 6.45) is 1.67. The number of amides is 1. The van der Waals surface area contributed by atoms with Gasteiger partial charge in [-0.05, 0) is 30.9 Å². The van der Waals surface area contributed by atoms with Gasteiger partial charge in [-0.15, -0.1) is 0 Å². The van der Waals surface area contributed by atoms with E-state index < -0.39 is 0 Å². The number of aliphatic hydroxyl groups excluding tert-OH is 1. The van der Waals surface area contributed by atoms with Crippen molar-refractivity contribution in [1.29, 1.82) is 0 Å². The van der Waals surface area contributed by atoms with Crippen molar-refractivity contribution in [3.05, 3.63) is 36.2 Å². The Labute approximate surface area is 130 Å². The Hall–Kier alpha value is -2.21. The van der Waals surface area contributed by atoms with Gasteiger partial charge in [-0.3, -0.25) is 9.89 Å². The van der Waals surface area contributed by atoms with E-state index in [-0.39, 0.29) is 17.4 Å². The smallest absolute Gasteiger partial charge is 0.251 e. The second kappa shape index (κ2) is 6.70. The van der Waals surface area contributed by atoms with Crippen molar-refractivity contribution in [3.8, 4) is 11.4 Å². The lowest BCUT2D eigenvalue weighted by molar-refractivity contribution is 0.0902. The van der Waals surface area contributed by atoms with E-state index in [1.165, 1.54) is 6.33 Å². The Morgan fingerprint density at radius 1 is 1.45 bits per heavy atom. The Balaban J connectivity index is 2.03. The van der Waals surface area contributed by atoms with Gasteiger partial charge in [0.1, 0.15) is 6.33 Å². The van der Waals surface area contributed by atoms with Crippen LogP contribution in [0.2, 0.25) is 0 Å². The van der Waals surface area contributed by atoms with Crippen LogP contribution in [0.5, 0.6) is 0 Å². The summed E-state index contributed by atoms with van der Waals surface area (Å²) in [5.41, 5.74) is 1.22. The molecule has 0 saturated heterocycles. The lowest BCUT2D eigenvalue weighted by Crippen LogP contribution is -2.35. The average molecular weight is 302 g/mol. The van der Waals surface area contributed by atoms with Crippen LogP contribution in [0, 0.1) is 5.41 Å². The zero-order valence-electron chi connectivity index (χ0n) is 13.1. The molecule has 0 aliphatic carbocycles. The number of nitrogens with zero attached hydrogens (tertiary/aromatic N) is 2. The highest BCUT2D eigenvalue weighted by molar-refractivity contribution is 5.95. The van der Waals surface area contributed by atoms with E-state index in [0.29, 0.717) is 24.4 Å². The van der Waals surface area contributed by atoms with Crippen LogP contribution in [0.3, 0.4) is 0 Å². The topological polar surface area (TPSA) is 90.9 Å². The van der Waals surface area contributed by atoms with Gasteiger partial charge in [-0.2, -0.15) is 5.10 Å². The van der Waals surface area contributed by atoms with Gasteiger partial charge < -0.3 is 10.4 Å². The number of hydrogen-bond acceptors (Lipinski definition) is 4. The largest absolute Gasteiger partial charge is 0.393 e. The fraction of sp³-hybridized carbons (Fsp3) is 0.438. The fourth-order valence-corrected chi connectivity index (χ4v) is 2.45. The second-order valence-electron chi connectivity index (χ2n) is 6.31. The first-order valence-corrected chi connectivity index (χ1v) is 7.29. The van der Waals surface area contributed by atoms with Crippen LogP contribution in [0.15, 0.2) is 30.6 Å². The molecule has 22 heavy (non-hydrogen) atoms. The molecule has 2 rings (SSSR count). The highest BCUT2D eigenvalue weighted by Gasteiger charge is 2.21. The minimum absolute atomic E-state index is 0.139. The zero-order valence-corrected chi connectivity index (χ0v) is 13.1. The van der Waals surface area contributed by atoms with E-state index in [1.807, 2.05) is 26.0 Å². The normalized spacial score (nSPS) is 12.9. The van der Waals surface area contributed by atoms with E-state index in [0.717, 1.165) is 5.56 Å². The molecular weight excluding hydrogens is 280 g/mol. The SMILES string of the molecule is CC(O)CC(C)(C)CNC(=O)c1cccc(-c2ncn[nH]2)c1. The quantitative estimate of drug-likeness (QED) is 0.761. The molecule has 0 aliphatic heterocycles. The average Bonchev–Trinajstić information content (AvgIpc) is 2.98. The van der Waals surface area contributed by atoms with Gasteiger partial charge in [0, 0.05) is 17.7 Å². The minimum atomic E-state index is -0.387. The molecule has 1 atom stereocenters. The van der Waals surface area contributed by atoms with Gasteiger partial charge in [-0.1, -0.05) is 26.0 Å². The summed E-state index contributed by atoms with van der Waals surface area (Å²) >= 11 is 0. The molecule has 6 heteroatoms. The Bertz CT molecular complexity index is 621. The van der Waals surface area contributed by atoms with Crippen molar-refractivity contribution in [2.24, 2.45) is 5.41 Å². The molecule has 3 N–H and O–H groups in total. The Kier molecular flexibility index (Phi) is 4.92. The first-order chi connectivity index (χ1) is 10.4. The predicted octanol–water partition coefficient (Wildman–Crippen LogP) is 2.00. The summed E-state index contributed by atoms with van der Waals surface area (Å²) in [5, 5.41) is 19.0. The molecule has 118 valence electrons. The molecule has 1 unspecified atom stereocenters. The zero-order chi connectivity index (χ0) is 16.2. The minimum Gasteiger partial charge on any atom is -0.393 e. The van der Waals surface area contributed by atoms with Gasteiger partial charge >= 0.3 is 0 Å². The Morgan fingerprint density at radius 3 is 2.86 bits per heavy atom. The number of carbonyl (C=O) groups excluding carboxylic acids is 1. The maximum atomic E-state index is 12.3. The molecule has 1 amide bonds. The predicted molar refractivity (Wildman–Crippen MR) is 84.2 cm³/mol. The third-order valence-electron chi connectivity index (χ3n) is 3.39. The molecule has 2 aromatic rings. The Morgan fingerprint density at radius 2 is 2.23 bits per heavy atom. The van der Waals surface area contributed by atoms with E-state index in [1.54, 1.807) is 19.1 Å². The standard InChI is InChI=1S/C16H22N4O2/c1-11(21)8-16(2,3)9-17-15(22)13-6-4-5-12(7-13)14-18-10-19-20-14/h4-7,10-11,21H,8-9H2,1-3H3,(H,17,22)(H,18,19,20). The number of aliphatic hydroxyl groups is 1. The molecule has 0 saturated carbocycles. The third kappa shape index (κ3) is 4.39. The summed E-state index contributed by atoms with van der Waals surface area (Å²) in [4.78, 5) is 16.4. The van der Waals surface area contributed by atoms with E-state index in [4.69, 9.17) is 0 Å². The summed E-state index contributed by atoms with van der Waals surface area (Å²) in [7, 11) is 0. The van der Waals surface area contributed by atoms with Crippen molar-refractivity contribution in [2.75, 3.05) is 6.54 Å². The summed E-state index contributed by atoms with van der Waals surface area (Å²) in [6.45, 7) is 6.30. The number of carbonyl (C=O) groups is 1. The van der Waals surface area contributed by atoms with Gasteiger partial charge in [0.15, 0.2) is 5.82 Å². The van der Waals surface area contributed by atoms with Crippen molar-refractivity contribution < 1.29 is 9.90 Å². The summed E-state index contributed by atoms with van der Waals surface area (Å²) in [6, 6.07) is 7.22. The highest BCUT2D eigenvalue weighted by Crippen LogP contribution is 2.21. The van der Waals surface area contributed by atoms with Gasteiger partial charge in [-0.25, -0.2) is 4.98 Å². The highest BCUT2D eigenvalue weighted by atomic mass is 16.3. The molecule has 0 spiro atoms. The maximum Gasteiger partial charge on any atom is 0.251 e. The molecule has 0 radical (unpaired) electrons. The van der Waals surface area contributed by atoms with E-state index in [9.17, 15) is 9.90 Å². The fourth-order valence-electron chi connectivity index (χ4n) is 2.45. The number of rotatable bonds is 6. The first kappa shape index (κ1) is 16.2. The lowest BCUT2D eigenvalue weighted by atomic mass is 9.87. The molecule has 0 aliphatic rings. The van der Waals surface area contributed by atoms with Crippen molar-refractivity contribution in [1.82, 2.24) is 20.5 Å². The number of nitrogens with one attached hydrogen (secondary N) is 2. The number of aromatic amines is 1. The van der Waals surface area contributed by atoms with Crippen LogP contribution in [0.4, 0.5) is 0 Å². The molecule has 0 bridgehead atoms. The van der Waals surface area contributed by atoms with E-state index in [2.05, 4.69) is 20.5 Å². The molecule has 1 aromatic carbocycles. The van der Waals surface area contributed by atoms with Crippen molar-refractivity contribution in [3.63, 3.8) is 0 Å². The van der Waals surface area contributed by atoms with Crippen molar-refractivity contribution >= 4 is 5.91 Å². The molecular formula is C16H22N4O2.